The molecule has 8 amide bonds. The monoisotopic (exact) mass is 919 g/mol. The Balaban J connectivity index is 1.03. The molecule has 0 bridgehead atoms. The number of benzene rings is 2. The molecule has 0 radical (unpaired) electrons. The highest BCUT2D eigenvalue weighted by Crippen LogP contribution is 2.23. The summed E-state index contributed by atoms with van der Waals surface area (Å²) in [6.07, 6.45) is 10.4. The number of hydrogen-bond acceptors (Lipinski definition) is 11. The van der Waals surface area contributed by atoms with Gasteiger partial charge in [-0.15, -0.1) is 0 Å². The van der Waals surface area contributed by atoms with Gasteiger partial charge in [0.1, 0.15) is 18.7 Å². The predicted molar refractivity (Wildman–Crippen MR) is 249 cm³/mol. The van der Waals surface area contributed by atoms with Gasteiger partial charge in [0.2, 0.25) is 23.6 Å². The van der Waals surface area contributed by atoms with Gasteiger partial charge >= 0.3 is 6.09 Å². The van der Waals surface area contributed by atoms with Crippen LogP contribution < -0.4 is 26.2 Å². The van der Waals surface area contributed by atoms with Gasteiger partial charge in [0.05, 0.1) is 18.8 Å². The molecule has 19 nitrogen and oxygen atoms in total. The van der Waals surface area contributed by atoms with Gasteiger partial charge in [-0.05, 0) is 79.3 Å². The smallest absolute Gasteiger partial charge is 0.412 e. The summed E-state index contributed by atoms with van der Waals surface area (Å²) in [6.45, 7) is 6.51. The molecule has 2 aliphatic heterocycles. The minimum atomic E-state index is -1.23. The van der Waals surface area contributed by atoms with E-state index in [-0.39, 0.29) is 68.1 Å². The lowest BCUT2D eigenvalue weighted by Gasteiger charge is -2.28. The first-order valence-electron chi connectivity index (χ1n) is 22.1. The molecule has 67 heavy (non-hydrogen) atoms. The lowest BCUT2D eigenvalue weighted by molar-refractivity contribution is -0.137. The van der Waals surface area contributed by atoms with E-state index < -0.39 is 30.0 Å². The van der Waals surface area contributed by atoms with Crippen molar-refractivity contribution >= 4 is 70.6 Å². The molecule has 0 saturated carbocycles. The molecule has 1 fully saturated rings. The Kier molecular flexibility index (Phi) is 18.9. The SMILES string of the molecule is CC(C)[C@H](NC(=O)CCCCCN1C(=O)C=CC1=O)C(=O)N[C@@H](C)C(=O)Nc1ccc(CN(C(=O)O)c2cccc(C(=O)N3CCC(=NOCCNC(=O)/C=C/c4cccnc4)CC3)c2)cc1. The average Bonchev–Trinajstić information content (AvgIpc) is 3.64. The van der Waals surface area contributed by atoms with Crippen molar-refractivity contribution in [2.75, 3.05) is 43.0 Å². The van der Waals surface area contributed by atoms with Crippen LogP contribution >= 0.6 is 0 Å². The number of nitrogens with one attached hydrogen (secondary N) is 4. The van der Waals surface area contributed by atoms with Crippen LogP contribution in [0.15, 0.2) is 96.4 Å². The third-order valence-electron chi connectivity index (χ3n) is 10.8. The van der Waals surface area contributed by atoms with E-state index in [0.29, 0.717) is 67.7 Å². The summed E-state index contributed by atoms with van der Waals surface area (Å²) in [5.74, 6) is -2.87. The van der Waals surface area contributed by atoms with E-state index in [0.717, 1.165) is 21.1 Å². The van der Waals surface area contributed by atoms with Crippen molar-refractivity contribution in [2.45, 2.75) is 77.9 Å². The number of carbonyl (C=O) groups is 8. The van der Waals surface area contributed by atoms with Gasteiger partial charge in [-0.3, -0.25) is 48.3 Å². The Morgan fingerprint density at radius 2 is 1.63 bits per heavy atom. The summed E-state index contributed by atoms with van der Waals surface area (Å²) >= 11 is 0. The van der Waals surface area contributed by atoms with E-state index in [2.05, 4.69) is 31.4 Å². The highest BCUT2D eigenvalue weighted by molar-refractivity contribution is 6.12. The predicted octanol–water partition coefficient (Wildman–Crippen LogP) is 4.27. The van der Waals surface area contributed by atoms with Gasteiger partial charge in [-0.2, -0.15) is 0 Å². The van der Waals surface area contributed by atoms with Gasteiger partial charge in [-0.25, -0.2) is 4.79 Å². The maximum atomic E-state index is 13.5. The summed E-state index contributed by atoms with van der Waals surface area (Å²) in [5.41, 5.74) is 3.23. The molecule has 19 heteroatoms. The maximum absolute atomic E-state index is 13.5. The molecular weight excluding hydrogens is 863 g/mol. The summed E-state index contributed by atoms with van der Waals surface area (Å²) in [4.78, 5) is 114. The summed E-state index contributed by atoms with van der Waals surface area (Å²) in [7, 11) is 0. The van der Waals surface area contributed by atoms with Crippen LogP contribution in [0.2, 0.25) is 0 Å². The number of unbranched alkanes of at least 4 members (excludes halogenated alkanes) is 2. The van der Waals surface area contributed by atoms with Gasteiger partial charge < -0.3 is 36.1 Å². The second-order valence-corrected chi connectivity index (χ2v) is 16.3. The van der Waals surface area contributed by atoms with Crippen molar-refractivity contribution in [3.63, 3.8) is 0 Å². The first kappa shape index (κ1) is 50.3. The minimum absolute atomic E-state index is 0.0520. The number of piperidine rings is 1. The Morgan fingerprint density at radius 1 is 0.896 bits per heavy atom. The average molecular weight is 920 g/mol. The fourth-order valence-electron chi connectivity index (χ4n) is 7.04. The first-order chi connectivity index (χ1) is 32.2. The summed E-state index contributed by atoms with van der Waals surface area (Å²) in [5, 5.41) is 25.2. The molecule has 3 aromatic rings. The van der Waals surface area contributed by atoms with E-state index in [9.17, 15) is 43.5 Å². The van der Waals surface area contributed by atoms with Gasteiger partial charge in [-0.1, -0.05) is 49.7 Å². The number of hydrogen-bond donors (Lipinski definition) is 5. The van der Waals surface area contributed by atoms with E-state index in [4.69, 9.17) is 4.84 Å². The van der Waals surface area contributed by atoms with Crippen molar-refractivity contribution in [2.24, 2.45) is 11.1 Å². The molecule has 2 aliphatic rings. The molecule has 5 rings (SSSR count). The number of aromatic nitrogens is 1. The van der Waals surface area contributed by atoms with Crippen LogP contribution in [0.5, 0.6) is 0 Å². The highest BCUT2D eigenvalue weighted by atomic mass is 16.6. The number of amides is 8. The molecular formula is C48H57N9O10. The quantitative estimate of drug-likeness (QED) is 0.0412. The van der Waals surface area contributed by atoms with Crippen molar-refractivity contribution in [1.82, 2.24) is 30.7 Å². The molecule has 0 spiro atoms. The van der Waals surface area contributed by atoms with Gasteiger partial charge in [0.15, 0.2) is 0 Å². The maximum Gasteiger partial charge on any atom is 0.412 e. The van der Waals surface area contributed by atoms with Crippen LogP contribution in [0.1, 0.15) is 80.8 Å². The third-order valence-corrected chi connectivity index (χ3v) is 10.8. The second-order valence-electron chi connectivity index (χ2n) is 16.3. The highest BCUT2D eigenvalue weighted by Gasteiger charge is 2.28. The largest absolute Gasteiger partial charge is 0.465 e. The zero-order chi connectivity index (χ0) is 48.3. The number of carboxylic acid groups (broad SMARTS) is 1. The van der Waals surface area contributed by atoms with Crippen LogP contribution in [-0.4, -0.2) is 118 Å². The van der Waals surface area contributed by atoms with Crippen molar-refractivity contribution < 1.29 is 48.3 Å². The van der Waals surface area contributed by atoms with E-state index >= 15 is 0 Å². The van der Waals surface area contributed by atoms with Crippen LogP contribution in [-0.2, 0) is 40.1 Å². The zero-order valence-electron chi connectivity index (χ0n) is 37.8. The van der Waals surface area contributed by atoms with E-state index in [1.54, 1.807) is 85.7 Å². The molecule has 3 heterocycles. The van der Waals surface area contributed by atoms with E-state index in [1.807, 2.05) is 6.07 Å². The number of likely N-dealkylation sites (tertiary alicyclic amines) is 1. The first-order valence-corrected chi connectivity index (χ1v) is 22.1. The fourth-order valence-corrected chi connectivity index (χ4v) is 7.04. The molecule has 2 atom stereocenters. The summed E-state index contributed by atoms with van der Waals surface area (Å²) in [6, 6.07) is 14.7. The molecule has 1 aromatic heterocycles. The lowest BCUT2D eigenvalue weighted by atomic mass is 10.0. The van der Waals surface area contributed by atoms with Crippen LogP contribution in [0.4, 0.5) is 16.2 Å². The molecule has 2 aromatic carbocycles. The third kappa shape index (κ3) is 15.8. The number of imide groups is 1. The minimum Gasteiger partial charge on any atom is -0.465 e. The number of carbonyl (C=O) groups excluding carboxylic acids is 7. The summed E-state index contributed by atoms with van der Waals surface area (Å²) < 4.78 is 0. The Hall–Kier alpha value is -7.70. The molecule has 354 valence electrons. The molecule has 5 N–H and O–H groups in total. The zero-order valence-corrected chi connectivity index (χ0v) is 37.8. The topological polar surface area (TPSA) is 249 Å². The Bertz CT molecular complexity index is 2320. The van der Waals surface area contributed by atoms with Gasteiger partial charge in [0, 0.05) is 86.5 Å². The second kappa shape index (κ2) is 25.1. The van der Waals surface area contributed by atoms with Crippen LogP contribution in [0, 0.1) is 5.92 Å². The molecule has 0 aliphatic carbocycles. The van der Waals surface area contributed by atoms with Crippen LogP contribution in [0.3, 0.4) is 0 Å². The van der Waals surface area contributed by atoms with Crippen molar-refractivity contribution in [1.29, 1.82) is 0 Å². The Labute approximate surface area is 388 Å². The van der Waals surface area contributed by atoms with Crippen molar-refractivity contribution in [3.05, 3.63) is 108 Å². The lowest BCUT2D eigenvalue weighted by Crippen LogP contribution is -2.53. The van der Waals surface area contributed by atoms with E-state index in [1.165, 1.54) is 31.2 Å². The number of rotatable bonds is 22. The molecule has 0 unspecified atom stereocenters. The number of oxime groups is 1. The molecule has 1 saturated heterocycles. The normalized spacial score (nSPS) is 14.4. The van der Waals surface area contributed by atoms with Crippen molar-refractivity contribution in [3.8, 4) is 0 Å². The number of anilines is 2. The Morgan fingerprint density at radius 3 is 2.30 bits per heavy atom. The van der Waals surface area contributed by atoms with Gasteiger partial charge in [0.25, 0.3) is 17.7 Å². The number of nitrogens with zero attached hydrogens (tertiary/aromatic N) is 5. The van der Waals surface area contributed by atoms with Crippen LogP contribution in [0.25, 0.3) is 6.08 Å². The number of pyridine rings is 1. The fraction of sp³-hybridized carbons (Fsp3) is 0.375. The standard InChI is InChI=1S/C48H57N9O10/c1-32(2)44(53-41(59)12-5-4-6-25-56-42(60)19-20-43(56)61)46(63)51-33(3)45(62)52-37-16-13-35(14-17-37)31-57(48(65)66)39-11-7-10-36(29-39)47(64)55-26-21-38(22-27-55)54-67-28-24-50-40(58)18-15-34-9-8-23-49-30-34/h7-11,13-20,23,29-30,32-33,44H,4-6,12,21-22,24-28,31H2,1-3H3,(H,50,58)(H,51,63)(H,52,62)(H,53,59)(H,65,66)/b18-15+/t33-,44-/m0/s1.